The zero-order valence-corrected chi connectivity index (χ0v) is 14.8. The second-order valence-electron chi connectivity index (χ2n) is 5.73. The van der Waals surface area contributed by atoms with E-state index in [1.165, 1.54) is 5.69 Å². The number of fused-ring (bicyclic) bond motifs is 1. The molecule has 5 nitrogen and oxygen atoms in total. The van der Waals surface area contributed by atoms with Gasteiger partial charge in [-0.2, -0.15) is 5.10 Å². The summed E-state index contributed by atoms with van der Waals surface area (Å²) in [6, 6.07) is 8.02. The van der Waals surface area contributed by atoms with Crippen molar-refractivity contribution in [3.8, 4) is 5.69 Å². The molecule has 0 aliphatic heterocycles. The van der Waals surface area contributed by atoms with E-state index >= 15 is 0 Å². The van der Waals surface area contributed by atoms with E-state index in [4.69, 9.17) is 0 Å². The summed E-state index contributed by atoms with van der Waals surface area (Å²) in [5.41, 5.74) is 3.85. The first-order chi connectivity index (χ1) is 11.2. The smallest absolute Gasteiger partial charge is 0.272 e. The van der Waals surface area contributed by atoms with Gasteiger partial charge in [-0.05, 0) is 57.5 Å². The van der Waals surface area contributed by atoms with Crippen molar-refractivity contribution in [2.75, 3.05) is 20.1 Å². The molecular formula is C17H21BrN4O. The second-order valence-corrected chi connectivity index (χ2v) is 6.65. The third-order valence-corrected chi connectivity index (χ3v) is 4.58. The molecule has 1 heterocycles. The number of nitrogens with one attached hydrogen (secondary N) is 2. The first kappa shape index (κ1) is 16.2. The lowest BCUT2D eigenvalue weighted by atomic mass is 10.2. The molecule has 2 aromatic rings. The first-order valence-electron chi connectivity index (χ1n) is 8.00. The van der Waals surface area contributed by atoms with Crippen molar-refractivity contribution in [1.82, 2.24) is 20.4 Å². The fourth-order valence-corrected chi connectivity index (χ4v) is 3.38. The van der Waals surface area contributed by atoms with Gasteiger partial charge in [-0.25, -0.2) is 4.68 Å². The summed E-state index contributed by atoms with van der Waals surface area (Å²) in [6.07, 6.45) is 3.91. The number of amides is 1. The molecule has 0 spiro atoms. The van der Waals surface area contributed by atoms with Crippen molar-refractivity contribution < 1.29 is 4.79 Å². The van der Waals surface area contributed by atoms with Gasteiger partial charge in [0, 0.05) is 22.3 Å². The van der Waals surface area contributed by atoms with Crippen molar-refractivity contribution in [1.29, 1.82) is 0 Å². The van der Waals surface area contributed by atoms with Gasteiger partial charge in [-0.1, -0.05) is 22.0 Å². The van der Waals surface area contributed by atoms with Crippen LogP contribution in [0.25, 0.3) is 5.69 Å². The maximum Gasteiger partial charge on any atom is 0.272 e. The van der Waals surface area contributed by atoms with Gasteiger partial charge >= 0.3 is 0 Å². The van der Waals surface area contributed by atoms with Crippen molar-refractivity contribution in [2.45, 2.75) is 25.7 Å². The van der Waals surface area contributed by atoms with Gasteiger partial charge in [0.05, 0.1) is 5.69 Å². The monoisotopic (exact) mass is 376 g/mol. The van der Waals surface area contributed by atoms with Gasteiger partial charge in [0.15, 0.2) is 5.69 Å². The van der Waals surface area contributed by atoms with Crippen LogP contribution in [0.15, 0.2) is 28.7 Å². The largest absolute Gasteiger partial charge is 0.351 e. The van der Waals surface area contributed by atoms with E-state index in [0.717, 1.165) is 48.0 Å². The van der Waals surface area contributed by atoms with Crippen LogP contribution in [0.5, 0.6) is 0 Å². The molecule has 1 aliphatic carbocycles. The van der Waals surface area contributed by atoms with Crippen molar-refractivity contribution in [3.05, 3.63) is 45.7 Å². The van der Waals surface area contributed by atoms with E-state index in [0.29, 0.717) is 12.2 Å². The zero-order valence-electron chi connectivity index (χ0n) is 13.2. The number of aromatic nitrogens is 2. The summed E-state index contributed by atoms with van der Waals surface area (Å²) in [5.74, 6) is -0.0620. The van der Waals surface area contributed by atoms with E-state index < -0.39 is 0 Å². The predicted molar refractivity (Wildman–Crippen MR) is 94.2 cm³/mol. The van der Waals surface area contributed by atoms with Gasteiger partial charge in [0.1, 0.15) is 0 Å². The number of hydrogen-bond acceptors (Lipinski definition) is 3. The van der Waals surface area contributed by atoms with Crippen molar-refractivity contribution in [2.24, 2.45) is 0 Å². The lowest BCUT2D eigenvalue weighted by molar-refractivity contribution is 0.0947. The quantitative estimate of drug-likeness (QED) is 0.761. The van der Waals surface area contributed by atoms with Crippen molar-refractivity contribution >= 4 is 21.8 Å². The number of nitrogens with zero attached hydrogens (tertiary/aromatic N) is 2. The number of benzene rings is 1. The summed E-state index contributed by atoms with van der Waals surface area (Å²) in [4.78, 5) is 12.5. The molecule has 0 bridgehead atoms. The number of halogens is 1. The van der Waals surface area contributed by atoms with Crippen molar-refractivity contribution in [3.63, 3.8) is 0 Å². The molecule has 0 radical (unpaired) electrons. The third kappa shape index (κ3) is 3.48. The highest BCUT2D eigenvalue weighted by Gasteiger charge is 2.26. The molecule has 3 rings (SSSR count). The Kier molecular flexibility index (Phi) is 5.13. The Balaban J connectivity index is 1.85. The maximum atomic E-state index is 12.5. The van der Waals surface area contributed by atoms with E-state index in [1.54, 1.807) is 0 Å². The van der Waals surface area contributed by atoms with E-state index in [9.17, 15) is 4.79 Å². The summed E-state index contributed by atoms with van der Waals surface area (Å²) in [5, 5.41) is 10.7. The molecule has 1 aromatic carbocycles. The molecule has 0 atom stereocenters. The molecule has 0 saturated carbocycles. The Morgan fingerprint density at radius 1 is 1.35 bits per heavy atom. The van der Waals surface area contributed by atoms with Crippen LogP contribution >= 0.6 is 15.9 Å². The molecule has 23 heavy (non-hydrogen) atoms. The molecule has 0 unspecified atom stereocenters. The standard InChI is InChI=1S/C17H21BrN4O/c1-19-9-4-10-20-17(23)16-14-7-3-8-15(14)22(21-16)13-6-2-5-12(18)11-13/h2,5-6,11,19H,3-4,7-10H2,1H3,(H,20,23). The van der Waals surface area contributed by atoms with Gasteiger partial charge in [0.2, 0.25) is 0 Å². The predicted octanol–water partition coefficient (Wildman–Crippen LogP) is 2.46. The lowest BCUT2D eigenvalue weighted by Gasteiger charge is -2.06. The van der Waals surface area contributed by atoms with Crippen LogP contribution in [0, 0.1) is 0 Å². The zero-order chi connectivity index (χ0) is 16.2. The highest BCUT2D eigenvalue weighted by molar-refractivity contribution is 9.10. The maximum absolute atomic E-state index is 12.5. The van der Waals surface area contributed by atoms with Crippen LogP contribution in [0.1, 0.15) is 34.6 Å². The topological polar surface area (TPSA) is 58.9 Å². The minimum absolute atomic E-state index is 0.0620. The summed E-state index contributed by atoms with van der Waals surface area (Å²) < 4.78 is 2.94. The fourth-order valence-electron chi connectivity index (χ4n) is 2.99. The molecule has 6 heteroatoms. The van der Waals surface area contributed by atoms with Gasteiger partial charge < -0.3 is 10.6 Å². The SMILES string of the molecule is CNCCCNC(=O)c1nn(-c2cccc(Br)c2)c2c1CCC2. The first-order valence-corrected chi connectivity index (χ1v) is 8.79. The van der Waals surface area contributed by atoms with Crippen LogP contribution < -0.4 is 10.6 Å². The summed E-state index contributed by atoms with van der Waals surface area (Å²) in [7, 11) is 1.91. The molecule has 1 amide bonds. The van der Waals surface area contributed by atoms with Crippen LogP contribution in [-0.4, -0.2) is 35.8 Å². The van der Waals surface area contributed by atoms with Crippen LogP contribution in [0.3, 0.4) is 0 Å². The molecule has 0 fully saturated rings. The molecule has 0 saturated heterocycles. The van der Waals surface area contributed by atoms with Crippen LogP contribution in [0.2, 0.25) is 0 Å². The Labute approximate surface area is 144 Å². The average Bonchev–Trinajstić information content (AvgIpc) is 3.13. The minimum atomic E-state index is -0.0620. The van der Waals surface area contributed by atoms with E-state index in [2.05, 4.69) is 31.7 Å². The lowest BCUT2D eigenvalue weighted by Crippen LogP contribution is -2.27. The fraction of sp³-hybridized carbons (Fsp3) is 0.412. The van der Waals surface area contributed by atoms with Gasteiger partial charge in [-0.3, -0.25) is 4.79 Å². The number of carbonyl (C=O) groups is 1. The summed E-state index contributed by atoms with van der Waals surface area (Å²) >= 11 is 3.50. The normalized spacial score (nSPS) is 13.1. The third-order valence-electron chi connectivity index (χ3n) is 4.09. The van der Waals surface area contributed by atoms with Gasteiger partial charge in [-0.15, -0.1) is 0 Å². The molecule has 2 N–H and O–H groups in total. The molecule has 1 aromatic heterocycles. The summed E-state index contributed by atoms with van der Waals surface area (Å²) in [6.45, 7) is 1.56. The Morgan fingerprint density at radius 3 is 3.00 bits per heavy atom. The van der Waals surface area contributed by atoms with Gasteiger partial charge in [0.25, 0.3) is 5.91 Å². The molecule has 1 aliphatic rings. The highest BCUT2D eigenvalue weighted by Crippen LogP contribution is 2.28. The van der Waals surface area contributed by atoms with E-state index in [1.807, 2.05) is 36.0 Å². The van der Waals surface area contributed by atoms with E-state index in [-0.39, 0.29) is 5.91 Å². The molecule has 122 valence electrons. The highest BCUT2D eigenvalue weighted by atomic mass is 79.9. The Hall–Kier alpha value is -1.66. The number of carbonyl (C=O) groups excluding carboxylic acids is 1. The number of rotatable bonds is 6. The Morgan fingerprint density at radius 2 is 2.22 bits per heavy atom. The second kappa shape index (κ2) is 7.27. The van der Waals surface area contributed by atoms with Crippen LogP contribution in [0.4, 0.5) is 0 Å². The molecular weight excluding hydrogens is 356 g/mol. The average molecular weight is 377 g/mol. The van der Waals surface area contributed by atoms with Crippen LogP contribution in [-0.2, 0) is 12.8 Å². The number of hydrogen-bond donors (Lipinski definition) is 2. The Bertz CT molecular complexity index is 711. The minimum Gasteiger partial charge on any atom is -0.351 e.